The molecule has 0 aliphatic carbocycles. The average molecular weight is 509 g/mol. The molecule has 6 nitrogen and oxygen atoms in total. The Labute approximate surface area is 193 Å². The van der Waals surface area contributed by atoms with Gasteiger partial charge in [-0.2, -0.15) is 4.31 Å². The highest BCUT2D eigenvalue weighted by molar-refractivity contribution is 9.10. The number of hydrogen-bond donors (Lipinski definition) is 1. The predicted octanol–water partition coefficient (Wildman–Crippen LogP) is 4.06. The van der Waals surface area contributed by atoms with E-state index in [1.54, 1.807) is 24.3 Å². The molecule has 0 spiro atoms. The van der Waals surface area contributed by atoms with Crippen LogP contribution in [0, 0.1) is 0 Å². The molecule has 1 heterocycles. The highest BCUT2D eigenvalue weighted by atomic mass is 79.9. The maximum absolute atomic E-state index is 13.4. The third kappa shape index (κ3) is 6.16. The van der Waals surface area contributed by atoms with E-state index >= 15 is 0 Å². The monoisotopic (exact) mass is 508 g/mol. The van der Waals surface area contributed by atoms with Gasteiger partial charge in [0.05, 0.1) is 17.0 Å². The lowest BCUT2D eigenvalue weighted by Gasteiger charge is -2.36. The molecule has 0 unspecified atom stereocenters. The molecule has 3 rings (SSSR count). The lowest BCUT2D eigenvalue weighted by molar-refractivity contribution is -0.122. The molecule has 1 N–H and O–H groups in total. The van der Waals surface area contributed by atoms with Gasteiger partial charge in [-0.3, -0.25) is 4.79 Å². The molecule has 8 heteroatoms. The number of carbonyl (C=O) groups excluding carboxylic acids is 1. The fourth-order valence-corrected chi connectivity index (χ4v) is 5.61. The Hall–Kier alpha value is -1.74. The molecule has 0 radical (unpaired) electrons. The molecule has 2 aromatic carbocycles. The summed E-state index contributed by atoms with van der Waals surface area (Å²) in [5.74, 6) is -0.165. The number of ether oxygens (including phenoxy) is 1. The number of hydrogen-bond acceptors (Lipinski definition) is 4. The van der Waals surface area contributed by atoms with Crippen molar-refractivity contribution in [3.05, 3.63) is 64.1 Å². The van der Waals surface area contributed by atoms with Crippen LogP contribution in [0.3, 0.4) is 0 Å². The van der Waals surface area contributed by atoms with Crippen molar-refractivity contribution in [2.75, 3.05) is 19.7 Å². The molecule has 0 bridgehead atoms. The summed E-state index contributed by atoms with van der Waals surface area (Å²) in [5.41, 5.74) is 1.99. The molecule has 31 heavy (non-hydrogen) atoms. The van der Waals surface area contributed by atoms with Gasteiger partial charge >= 0.3 is 0 Å². The number of carbonyl (C=O) groups is 1. The SMILES string of the molecule is CC(C)OCCCNC(=O)C[C@H]1c2ccccc2CCN1S(=O)(=O)c1ccc(Br)cc1. The van der Waals surface area contributed by atoms with Gasteiger partial charge in [0.2, 0.25) is 15.9 Å². The predicted molar refractivity (Wildman–Crippen MR) is 124 cm³/mol. The third-order valence-corrected chi connectivity index (χ3v) is 7.71. The van der Waals surface area contributed by atoms with Crippen LogP contribution >= 0.6 is 15.9 Å². The van der Waals surface area contributed by atoms with Crippen LogP contribution in [0.5, 0.6) is 0 Å². The van der Waals surface area contributed by atoms with Gasteiger partial charge in [-0.25, -0.2) is 8.42 Å². The number of nitrogens with one attached hydrogen (secondary N) is 1. The van der Waals surface area contributed by atoms with E-state index in [1.165, 1.54) is 4.31 Å². The highest BCUT2D eigenvalue weighted by Gasteiger charge is 2.37. The Kier molecular flexibility index (Phi) is 8.27. The number of halogens is 1. The molecule has 1 atom stereocenters. The summed E-state index contributed by atoms with van der Waals surface area (Å²) in [7, 11) is -3.74. The minimum absolute atomic E-state index is 0.0812. The van der Waals surface area contributed by atoms with Crippen molar-refractivity contribution in [2.45, 2.75) is 50.2 Å². The van der Waals surface area contributed by atoms with E-state index in [1.807, 2.05) is 38.1 Å². The van der Waals surface area contributed by atoms with Gasteiger partial charge in [0.25, 0.3) is 0 Å². The quantitative estimate of drug-likeness (QED) is 0.518. The first-order valence-electron chi connectivity index (χ1n) is 10.5. The van der Waals surface area contributed by atoms with Crippen molar-refractivity contribution in [2.24, 2.45) is 0 Å². The van der Waals surface area contributed by atoms with E-state index in [4.69, 9.17) is 4.74 Å². The molecular weight excluding hydrogens is 480 g/mol. The standard InChI is InChI=1S/C23H29BrN2O4S/c1-17(2)30-15-5-13-25-23(27)16-22-21-7-4-3-6-18(21)12-14-26(22)31(28,29)20-10-8-19(24)9-11-20/h3-4,6-11,17,22H,5,12-16H2,1-2H3,(H,25,27)/t22-/m0/s1. The van der Waals surface area contributed by atoms with Gasteiger partial charge < -0.3 is 10.1 Å². The first kappa shape index (κ1) is 23.9. The largest absolute Gasteiger partial charge is 0.379 e. The first-order valence-corrected chi connectivity index (χ1v) is 12.8. The molecule has 0 aromatic heterocycles. The fraction of sp³-hybridized carbons (Fsp3) is 0.435. The third-order valence-electron chi connectivity index (χ3n) is 5.26. The Morgan fingerprint density at radius 3 is 2.61 bits per heavy atom. The smallest absolute Gasteiger partial charge is 0.243 e. The normalized spacial score (nSPS) is 16.8. The average Bonchev–Trinajstić information content (AvgIpc) is 2.73. The van der Waals surface area contributed by atoms with E-state index in [0.29, 0.717) is 32.5 Å². The molecular formula is C23H29BrN2O4S. The second kappa shape index (κ2) is 10.7. The second-order valence-corrected chi connectivity index (χ2v) is 10.7. The number of rotatable bonds is 9. The van der Waals surface area contributed by atoms with E-state index < -0.39 is 16.1 Å². The van der Waals surface area contributed by atoms with Gasteiger partial charge in [-0.05, 0) is 62.1 Å². The maximum Gasteiger partial charge on any atom is 0.243 e. The summed E-state index contributed by atoms with van der Waals surface area (Å²) in [6.07, 6.45) is 1.58. The van der Waals surface area contributed by atoms with E-state index in [-0.39, 0.29) is 23.3 Å². The minimum Gasteiger partial charge on any atom is -0.379 e. The van der Waals surface area contributed by atoms with Crippen LogP contribution in [-0.2, 0) is 26.0 Å². The molecule has 1 aliphatic heterocycles. The molecule has 0 saturated heterocycles. The Balaban J connectivity index is 1.78. The van der Waals surface area contributed by atoms with Crippen LogP contribution in [0.25, 0.3) is 0 Å². The van der Waals surface area contributed by atoms with Crippen molar-refractivity contribution in [1.82, 2.24) is 9.62 Å². The van der Waals surface area contributed by atoms with Crippen molar-refractivity contribution in [3.63, 3.8) is 0 Å². The number of sulfonamides is 1. The van der Waals surface area contributed by atoms with E-state index in [0.717, 1.165) is 15.6 Å². The molecule has 1 aliphatic rings. The van der Waals surface area contributed by atoms with Crippen molar-refractivity contribution in [3.8, 4) is 0 Å². The van der Waals surface area contributed by atoms with E-state index in [2.05, 4.69) is 21.2 Å². The van der Waals surface area contributed by atoms with Crippen LogP contribution in [-0.4, -0.2) is 44.4 Å². The zero-order chi connectivity index (χ0) is 22.4. The Morgan fingerprint density at radius 1 is 1.19 bits per heavy atom. The summed E-state index contributed by atoms with van der Waals surface area (Å²) in [6, 6.07) is 13.8. The lowest BCUT2D eigenvalue weighted by Crippen LogP contribution is -2.42. The number of nitrogens with zero attached hydrogens (tertiary/aromatic N) is 1. The highest BCUT2D eigenvalue weighted by Crippen LogP contribution is 2.36. The van der Waals surface area contributed by atoms with Crippen LogP contribution in [0.4, 0.5) is 0 Å². The second-order valence-electron chi connectivity index (χ2n) is 7.86. The summed E-state index contributed by atoms with van der Waals surface area (Å²) in [6.45, 7) is 5.36. The maximum atomic E-state index is 13.4. The molecule has 0 fully saturated rings. The summed E-state index contributed by atoms with van der Waals surface area (Å²) in [4.78, 5) is 12.9. The van der Waals surface area contributed by atoms with Gasteiger partial charge in [0.15, 0.2) is 0 Å². The van der Waals surface area contributed by atoms with Crippen LogP contribution in [0.2, 0.25) is 0 Å². The molecule has 168 valence electrons. The van der Waals surface area contributed by atoms with Crippen LogP contribution in [0.1, 0.15) is 43.9 Å². The molecule has 0 saturated carbocycles. The Bertz CT molecular complexity index is 993. The number of benzene rings is 2. The number of fused-ring (bicyclic) bond motifs is 1. The number of amides is 1. The molecule has 1 amide bonds. The summed E-state index contributed by atoms with van der Waals surface area (Å²) >= 11 is 3.35. The van der Waals surface area contributed by atoms with E-state index in [9.17, 15) is 13.2 Å². The minimum atomic E-state index is -3.74. The lowest BCUT2D eigenvalue weighted by atomic mass is 9.92. The summed E-state index contributed by atoms with van der Waals surface area (Å²) in [5, 5.41) is 2.91. The zero-order valence-electron chi connectivity index (χ0n) is 17.9. The zero-order valence-corrected chi connectivity index (χ0v) is 20.3. The fourth-order valence-electron chi connectivity index (χ4n) is 3.74. The van der Waals surface area contributed by atoms with Gasteiger partial charge in [-0.15, -0.1) is 0 Å². The van der Waals surface area contributed by atoms with Crippen molar-refractivity contribution >= 4 is 31.9 Å². The van der Waals surface area contributed by atoms with Crippen LogP contribution < -0.4 is 5.32 Å². The molecule has 2 aromatic rings. The van der Waals surface area contributed by atoms with Crippen molar-refractivity contribution < 1.29 is 17.9 Å². The summed E-state index contributed by atoms with van der Waals surface area (Å²) < 4.78 is 34.6. The first-order chi connectivity index (χ1) is 14.8. The topological polar surface area (TPSA) is 75.7 Å². The van der Waals surface area contributed by atoms with Gasteiger partial charge in [0.1, 0.15) is 0 Å². The Morgan fingerprint density at radius 2 is 1.90 bits per heavy atom. The van der Waals surface area contributed by atoms with Gasteiger partial charge in [-0.1, -0.05) is 40.2 Å². The van der Waals surface area contributed by atoms with Gasteiger partial charge in [0, 0.05) is 30.6 Å². The van der Waals surface area contributed by atoms with Crippen LogP contribution in [0.15, 0.2) is 57.9 Å². The van der Waals surface area contributed by atoms with Crippen molar-refractivity contribution in [1.29, 1.82) is 0 Å².